The van der Waals surface area contributed by atoms with Gasteiger partial charge < -0.3 is 5.32 Å². The summed E-state index contributed by atoms with van der Waals surface area (Å²) in [5, 5.41) is 7.35. The number of hydrogen-bond acceptors (Lipinski definition) is 3. The highest BCUT2D eigenvalue weighted by Gasteiger charge is 2.22. The minimum Gasteiger partial charge on any atom is -0.350 e. The molecule has 1 amide bonds. The molecular formula is C10H12BrFN2O3S. The molecule has 0 bridgehead atoms. The fourth-order valence-corrected chi connectivity index (χ4v) is 2.54. The second-order valence-corrected chi connectivity index (χ2v) is 6.38. The van der Waals surface area contributed by atoms with Gasteiger partial charge in [0.15, 0.2) is 5.82 Å². The average Bonchev–Trinajstić information content (AvgIpc) is 2.18. The quantitative estimate of drug-likeness (QED) is 0.872. The molecule has 0 aliphatic rings. The highest BCUT2D eigenvalue weighted by Crippen LogP contribution is 2.23. The number of rotatable bonds is 3. The van der Waals surface area contributed by atoms with Gasteiger partial charge in [0, 0.05) is 10.5 Å². The number of nitrogens with two attached hydrogens (primary N) is 1. The summed E-state index contributed by atoms with van der Waals surface area (Å²) in [6.07, 6.45) is 0. The zero-order valence-electron chi connectivity index (χ0n) is 9.70. The van der Waals surface area contributed by atoms with Gasteiger partial charge in [-0.05, 0) is 26.0 Å². The predicted octanol–water partition coefficient (Wildman–Crippen LogP) is 1.37. The van der Waals surface area contributed by atoms with Crippen molar-refractivity contribution in [3.8, 4) is 0 Å². The third-order valence-corrected chi connectivity index (χ3v) is 3.34. The number of halogens is 2. The van der Waals surface area contributed by atoms with Gasteiger partial charge in [-0.25, -0.2) is 17.9 Å². The van der Waals surface area contributed by atoms with Gasteiger partial charge in [-0.1, -0.05) is 15.9 Å². The van der Waals surface area contributed by atoms with Crippen LogP contribution in [-0.4, -0.2) is 20.4 Å². The molecule has 3 N–H and O–H groups in total. The summed E-state index contributed by atoms with van der Waals surface area (Å²) < 4.78 is 36.5. The minimum atomic E-state index is -4.23. The SMILES string of the molecule is CC(C)NC(=O)c1cc(Br)cc(S(N)(=O)=O)c1F. The lowest BCUT2D eigenvalue weighted by Gasteiger charge is -2.11. The van der Waals surface area contributed by atoms with Crippen LogP contribution in [0.2, 0.25) is 0 Å². The maximum atomic E-state index is 13.9. The lowest BCUT2D eigenvalue weighted by molar-refractivity contribution is 0.0938. The Bertz CT molecular complexity index is 587. The molecule has 100 valence electrons. The van der Waals surface area contributed by atoms with E-state index in [4.69, 9.17) is 5.14 Å². The van der Waals surface area contributed by atoms with E-state index in [0.29, 0.717) is 0 Å². The Morgan fingerprint density at radius 2 is 2.00 bits per heavy atom. The van der Waals surface area contributed by atoms with Gasteiger partial charge in [0.1, 0.15) is 4.90 Å². The first-order valence-electron chi connectivity index (χ1n) is 4.95. The Labute approximate surface area is 113 Å². The highest BCUT2D eigenvalue weighted by atomic mass is 79.9. The van der Waals surface area contributed by atoms with Crippen LogP contribution in [0.5, 0.6) is 0 Å². The Balaban J connectivity index is 3.39. The smallest absolute Gasteiger partial charge is 0.254 e. The van der Waals surface area contributed by atoms with Gasteiger partial charge in [-0.15, -0.1) is 0 Å². The molecule has 0 saturated heterocycles. The van der Waals surface area contributed by atoms with Crippen LogP contribution >= 0.6 is 15.9 Å². The Morgan fingerprint density at radius 1 is 1.44 bits per heavy atom. The monoisotopic (exact) mass is 338 g/mol. The molecule has 1 rings (SSSR count). The van der Waals surface area contributed by atoms with Crippen molar-refractivity contribution in [3.05, 3.63) is 28.0 Å². The first kappa shape index (κ1) is 15.1. The summed E-state index contributed by atoms with van der Waals surface area (Å²) in [6.45, 7) is 3.41. The van der Waals surface area contributed by atoms with Crippen LogP contribution in [0.1, 0.15) is 24.2 Å². The molecule has 1 aromatic carbocycles. The first-order valence-corrected chi connectivity index (χ1v) is 7.29. The number of nitrogens with one attached hydrogen (secondary N) is 1. The second-order valence-electron chi connectivity index (χ2n) is 3.94. The Morgan fingerprint density at radius 3 is 2.44 bits per heavy atom. The zero-order chi connectivity index (χ0) is 14.1. The molecule has 0 saturated carbocycles. The molecule has 1 aromatic rings. The summed E-state index contributed by atoms with van der Waals surface area (Å²) in [7, 11) is -4.23. The molecule has 8 heteroatoms. The molecule has 0 atom stereocenters. The largest absolute Gasteiger partial charge is 0.350 e. The maximum absolute atomic E-state index is 13.9. The van der Waals surface area contributed by atoms with Crippen molar-refractivity contribution in [3.63, 3.8) is 0 Å². The van der Waals surface area contributed by atoms with E-state index in [1.165, 1.54) is 6.07 Å². The molecule has 0 radical (unpaired) electrons. The number of hydrogen-bond donors (Lipinski definition) is 2. The molecule has 0 spiro atoms. The molecule has 0 aliphatic carbocycles. The average molecular weight is 339 g/mol. The van der Waals surface area contributed by atoms with Crippen molar-refractivity contribution in [1.29, 1.82) is 0 Å². The maximum Gasteiger partial charge on any atom is 0.254 e. The van der Waals surface area contributed by atoms with Crippen LogP contribution in [0, 0.1) is 5.82 Å². The fraction of sp³-hybridized carbons (Fsp3) is 0.300. The van der Waals surface area contributed by atoms with Gasteiger partial charge in [0.05, 0.1) is 5.56 Å². The van der Waals surface area contributed by atoms with E-state index in [0.717, 1.165) is 6.07 Å². The van der Waals surface area contributed by atoms with Crippen LogP contribution in [0.15, 0.2) is 21.5 Å². The predicted molar refractivity (Wildman–Crippen MR) is 68.1 cm³/mol. The summed E-state index contributed by atoms with van der Waals surface area (Å²) >= 11 is 3.01. The number of carbonyl (C=O) groups excluding carboxylic acids is 1. The molecule has 5 nitrogen and oxygen atoms in total. The molecule has 18 heavy (non-hydrogen) atoms. The van der Waals surface area contributed by atoms with Crippen LogP contribution in [0.4, 0.5) is 4.39 Å². The number of amides is 1. The van der Waals surface area contributed by atoms with Gasteiger partial charge in [-0.2, -0.15) is 0 Å². The van der Waals surface area contributed by atoms with Gasteiger partial charge in [-0.3, -0.25) is 4.79 Å². The zero-order valence-corrected chi connectivity index (χ0v) is 12.1. The second kappa shape index (κ2) is 5.33. The van der Waals surface area contributed by atoms with Crippen LogP contribution in [0.25, 0.3) is 0 Å². The van der Waals surface area contributed by atoms with Crippen molar-refractivity contribution in [2.24, 2.45) is 5.14 Å². The van der Waals surface area contributed by atoms with Crippen molar-refractivity contribution < 1.29 is 17.6 Å². The molecule has 0 heterocycles. The van der Waals surface area contributed by atoms with Crippen molar-refractivity contribution in [1.82, 2.24) is 5.32 Å². The van der Waals surface area contributed by atoms with Crippen LogP contribution in [-0.2, 0) is 10.0 Å². The topological polar surface area (TPSA) is 89.3 Å². The molecule has 0 fully saturated rings. The van der Waals surface area contributed by atoms with Crippen LogP contribution < -0.4 is 10.5 Å². The number of carbonyl (C=O) groups is 1. The van der Waals surface area contributed by atoms with Gasteiger partial charge in [0.25, 0.3) is 5.91 Å². The van der Waals surface area contributed by atoms with Gasteiger partial charge in [0.2, 0.25) is 10.0 Å². The fourth-order valence-electron chi connectivity index (χ4n) is 1.28. The van der Waals surface area contributed by atoms with E-state index in [9.17, 15) is 17.6 Å². The standard InChI is InChI=1S/C10H12BrFN2O3S/c1-5(2)14-10(15)7-3-6(11)4-8(9(7)12)18(13,16)17/h3-5H,1-2H3,(H,14,15)(H2,13,16,17). The lowest BCUT2D eigenvalue weighted by Crippen LogP contribution is -2.31. The molecule has 0 aromatic heterocycles. The summed E-state index contributed by atoms with van der Waals surface area (Å²) in [6, 6.07) is 2.01. The minimum absolute atomic E-state index is 0.200. The van der Waals surface area contributed by atoms with Crippen molar-refractivity contribution in [2.75, 3.05) is 0 Å². The number of benzene rings is 1. The summed E-state index contributed by atoms with van der Waals surface area (Å²) in [5.74, 6) is -1.85. The van der Waals surface area contributed by atoms with E-state index < -0.39 is 26.6 Å². The first-order chi connectivity index (χ1) is 8.12. The third-order valence-electron chi connectivity index (χ3n) is 1.97. The normalized spacial score (nSPS) is 11.7. The lowest BCUT2D eigenvalue weighted by atomic mass is 10.2. The Kier molecular flexibility index (Phi) is 4.46. The van der Waals surface area contributed by atoms with E-state index in [1.54, 1.807) is 13.8 Å². The van der Waals surface area contributed by atoms with Gasteiger partial charge >= 0.3 is 0 Å². The highest BCUT2D eigenvalue weighted by molar-refractivity contribution is 9.10. The summed E-state index contributed by atoms with van der Waals surface area (Å²) in [4.78, 5) is 11.0. The molecule has 0 unspecified atom stereocenters. The molecule has 0 aliphatic heterocycles. The van der Waals surface area contributed by atoms with E-state index >= 15 is 0 Å². The van der Waals surface area contributed by atoms with Crippen molar-refractivity contribution in [2.45, 2.75) is 24.8 Å². The number of sulfonamides is 1. The third kappa shape index (κ3) is 3.50. The van der Waals surface area contributed by atoms with E-state index in [2.05, 4.69) is 21.2 Å². The number of primary sulfonamides is 1. The Hall–Kier alpha value is -0.990. The van der Waals surface area contributed by atoms with E-state index in [-0.39, 0.29) is 16.1 Å². The van der Waals surface area contributed by atoms with Crippen molar-refractivity contribution >= 4 is 31.9 Å². The summed E-state index contributed by atoms with van der Waals surface area (Å²) in [5.41, 5.74) is -0.373. The van der Waals surface area contributed by atoms with E-state index in [1.807, 2.05) is 0 Å². The van der Waals surface area contributed by atoms with Crippen LogP contribution in [0.3, 0.4) is 0 Å². The molecular weight excluding hydrogens is 327 g/mol.